The Morgan fingerprint density at radius 2 is 1.69 bits per heavy atom. The topological polar surface area (TPSA) is 41.6 Å². The zero-order valence-electron chi connectivity index (χ0n) is 16.2. The maximum atomic E-state index is 12.3. The van der Waals surface area contributed by atoms with Crippen LogP contribution in [0.1, 0.15) is 38.7 Å². The number of ether oxygens (including phenoxy) is 1. The van der Waals surface area contributed by atoms with E-state index in [2.05, 4.69) is 43.2 Å². The number of nitrogens with zero attached hydrogens (tertiary/aromatic N) is 1. The van der Waals surface area contributed by atoms with Crippen molar-refractivity contribution in [1.82, 2.24) is 5.32 Å². The second kappa shape index (κ2) is 9.85. The number of para-hydroxylation sites is 2. The smallest absolute Gasteiger partial charge is 0.260 e. The normalized spacial score (nSPS) is 11.9. The summed E-state index contributed by atoms with van der Waals surface area (Å²) in [7, 11) is 2.06. The van der Waals surface area contributed by atoms with Crippen LogP contribution in [-0.2, 0) is 4.79 Å². The molecule has 1 N–H and O–H groups in total. The van der Waals surface area contributed by atoms with Crippen LogP contribution in [0.3, 0.4) is 0 Å². The van der Waals surface area contributed by atoms with E-state index in [0.29, 0.717) is 12.5 Å². The van der Waals surface area contributed by atoms with Gasteiger partial charge in [0, 0.05) is 25.8 Å². The van der Waals surface area contributed by atoms with Crippen molar-refractivity contribution in [3.8, 4) is 5.75 Å². The maximum Gasteiger partial charge on any atom is 0.260 e. The molecule has 0 aromatic heterocycles. The number of hydrogen-bond acceptors (Lipinski definition) is 3. The highest BCUT2D eigenvalue weighted by atomic mass is 16.5. The molecule has 4 nitrogen and oxygen atoms in total. The number of anilines is 1. The van der Waals surface area contributed by atoms with Gasteiger partial charge in [0.1, 0.15) is 5.75 Å². The van der Waals surface area contributed by atoms with E-state index in [1.54, 1.807) is 6.92 Å². The number of hydrogen-bond donors (Lipinski definition) is 1. The molecule has 0 aliphatic heterocycles. The fourth-order valence-electron chi connectivity index (χ4n) is 2.79. The summed E-state index contributed by atoms with van der Waals surface area (Å²) < 4.78 is 5.89. The SMILES string of the molecule is CC(C)c1ccccc1O[C@@H](C)C(=O)NCCCN(C)c1ccccc1. The molecule has 1 atom stereocenters. The molecule has 26 heavy (non-hydrogen) atoms. The average molecular weight is 354 g/mol. The largest absolute Gasteiger partial charge is 0.481 e. The molecule has 4 heteroatoms. The number of carbonyl (C=O) groups excluding carboxylic acids is 1. The van der Waals surface area contributed by atoms with Crippen LogP contribution >= 0.6 is 0 Å². The van der Waals surface area contributed by atoms with Crippen molar-refractivity contribution in [2.24, 2.45) is 0 Å². The Morgan fingerprint density at radius 3 is 2.38 bits per heavy atom. The Hall–Kier alpha value is -2.49. The minimum Gasteiger partial charge on any atom is -0.481 e. The summed E-state index contributed by atoms with van der Waals surface area (Å²) >= 11 is 0. The van der Waals surface area contributed by atoms with Crippen LogP contribution in [0.25, 0.3) is 0 Å². The lowest BCUT2D eigenvalue weighted by atomic mass is 10.0. The van der Waals surface area contributed by atoms with Gasteiger partial charge in [-0.2, -0.15) is 0 Å². The third kappa shape index (κ3) is 5.80. The molecule has 0 aliphatic carbocycles. The average Bonchev–Trinajstić information content (AvgIpc) is 2.65. The van der Waals surface area contributed by atoms with Crippen molar-refractivity contribution < 1.29 is 9.53 Å². The van der Waals surface area contributed by atoms with E-state index in [1.165, 1.54) is 5.69 Å². The first-order chi connectivity index (χ1) is 12.5. The first-order valence-electron chi connectivity index (χ1n) is 9.28. The van der Waals surface area contributed by atoms with Crippen LogP contribution in [0.2, 0.25) is 0 Å². The molecule has 0 fully saturated rings. The summed E-state index contributed by atoms with van der Waals surface area (Å²) in [5.74, 6) is 1.06. The van der Waals surface area contributed by atoms with E-state index in [-0.39, 0.29) is 5.91 Å². The number of carbonyl (C=O) groups is 1. The third-order valence-electron chi connectivity index (χ3n) is 4.38. The predicted molar refractivity (Wildman–Crippen MR) is 108 cm³/mol. The van der Waals surface area contributed by atoms with E-state index in [1.807, 2.05) is 42.5 Å². The quantitative estimate of drug-likeness (QED) is 0.686. The molecule has 1 amide bonds. The monoisotopic (exact) mass is 354 g/mol. The van der Waals surface area contributed by atoms with Gasteiger partial charge >= 0.3 is 0 Å². The van der Waals surface area contributed by atoms with Gasteiger partial charge in [-0.15, -0.1) is 0 Å². The lowest BCUT2D eigenvalue weighted by Crippen LogP contribution is -2.37. The minimum atomic E-state index is -0.512. The van der Waals surface area contributed by atoms with Gasteiger partial charge in [-0.1, -0.05) is 50.2 Å². The van der Waals surface area contributed by atoms with E-state index < -0.39 is 6.10 Å². The van der Waals surface area contributed by atoms with Gasteiger partial charge in [-0.25, -0.2) is 0 Å². The molecular weight excluding hydrogens is 324 g/mol. The molecule has 0 aliphatic rings. The fraction of sp³-hybridized carbons (Fsp3) is 0.409. The van der Waals surface area contributed by atoms with E-state index in [4.69, 9.17) is 4.74 Å². The predicted octanol–water partition coefficient (Wildman–Crippen LogP) is 4.22. The number of nitrogens with one attached hydrogen (secondary N) is 1. The Bertz CT molecular complexity index is 686. The summed E-state index contributed by atoms with van der Waals surface area (Å²) in [4.78, 5) is 14.5. The van der Waals surface area contributed by atoms with Crippen molar-refractivity contribution in [2.75, 3.05) is 25.0 Å². The van der Waals surface area contributed by atoms with Crippen LogP contribution in [0.4, 0.5) is 5.69 Å². The van der Waals surface area contributed by atoms with Gasteiger partial charge in [-0.05, 0) is 43.0 Å². The lowest BCUT2D eigenvalue weighted by molar-refractivity contribution is -0.127. The third-order valence-corrected chi connectivity index (χ3v) is 4.38. The number of rotatable bonds is 9. The lowest BCUT2D eigenvalue weighted by Gasteiger charge is -2.20. The molecule has 0 saturated heterocycles. The van der Waals surface area contributed by atoms with Gasteiger partial charge in [0.2, 0.25) is 0 Å². The molecular formula is C22H30N2O2. The number of benzene rings is 2. The molecule has 0 heterocycles. The van der Waals surface area contributed by atoms with E-state index in [0.717, 1.165) is 24.3 Å². The van der Waals surface area contributed by atoms with Gasteiger partial charge < -0.3 is 15.0 Å². The van der Waals surface area contributed by atoms with Gasteiger partial charge in [0.25, 0.3) is 5.91 Å². The summed E-state index contributed by atoms with van der Waals surface area (Å²) in [6.07, 6.45) is 0.369. The van der Waals surface area contributed by atoms with Crippen molar-refractivity contribution in [3.63, 3.8) is 0 Å². The second-order valence-electron chi connectivity index (χ2n) is 6.85. The zero-order chi connectivity index (χ0) is 18.9. The molecule has 2 aromatic rings. The Morgan fingerprint density at radius 1 is 1.04 bits per heavy atom. The molecule has 140 valence electrons. The van der Waals surface area contributed by atoms with Crippen LogP contribution in [0.15, 0.2) is 54.6 Å². The van der Waals surface area contributed by atoms with Crippen LogP contribution < -0.4 is 15.0 Å². The first kappa shape index (κ1) is 19.8. The molecule has 0 spiro atoms. The maximum absolute atomic E-state index is 12.3. The molecule has 2 aromatic carbocycles. The second-order valence-corrected chi connectivity index (χ2v) is 6.85. The first-order valence-corrected chi connectivity index (χ1v) is 9.28. The number of amides is 1. The minimum absolute atomic E-state index is 0.0778. The Balaban J connectivity index is 1.76. The molecule has 2 rings (SSSR count). The van der Waals surface area contributed by atoms with Crippen molar-refractivity contribution in [1.29, 1.82) is 0 Å². The fourth-order valence-corrected chi connectivity index (χ4v) is 2.79. The molecule has 0 unspecified atom stereocenters. The van der Waals surface area contributed by atoms with Gasteiger partial charge in [0.05, 0.1) is 0 Å². The van der Waals surface area contributed by atoms with Crippen LogP contribution in [0.5, 0.6) is 5.75 Å². The van der Waals surface area contributed by atoms with Crippen molar-refractivity contribution >= 4 is 11.6 Å². The highest BCUT2D eigenvalue weighted by molar-refractivity contribution is 5.80. The molecule has 0 bridgehead atoms. The summed E-state index contributed by atoms with van der Waals surface area (Å²) in [5, 5.41) is 2.97. The summed E-state index contributed by atoms with van der Waals surface area (Å²) in [6.45, 7) is 7.56. The summed E-state index contributed by atoms with van der Waals surface area (Å²) in [6, 6.07) is 18.1. The highest BCUT2D eigenvalue weighted by Gasteiger charge is 2.16. The molecule has 0 radical (unpaired) electrons. The Kier molecular flexibility index (Phi) is 7.52. The van der Waals surface area contributed by atoms with Crippen LogP contribution in [0, 0.1) is 0 Å². The van der Waals surface area contributed by atoms with Crippen molar-refractivity contribution in [2.45, 2.75) is 39.2 Å². The van der Waals surface area contributed by atoms with Gasteiger partial charge in [0.15, 0.2) is 6.10 Å². The summed E-state index contributed by atoms with van der Waals surface area (Å²) in [5.41, 5.74) is 2.30. The Labute approximate surface area is 157 Å². The zero-order valence-corrected chi connectivity index (χ0v) is 16.2. The van der Waals surface area contributed by atoms with Gasteiger partial charge in [-0.3, -0.25) is 4.79 Å². The van der Waals surface area contributed by atoms with E-state index in [9.17, 15) is 4.79 Å². The standard InChI is InChI=1S/C22H30N2O2/c1-17(2)20-13-8-9-14-21(20)26-18(3)22(25)23-15-10-16-24(4)19-11-6-5-7-12-19/h5-9,11-14,17-18H,10,15-16H2,1-4H3,(H,23,25)/t18-/m0/s1. The molecule has 0 saturated carbocycles. The highest BCUT2D eigenvalue weighted by Crippen LogP contribution is 2.26. The van der Waals surface area contributed by atoms with E-state index >= 15 is 0 Å². The van der Waals surface area contributed by atoms with Crippen molar-refractivity contribution in [3.05, 3.63) is 60.2 Å². The van der Waals surface area contributed by atoms with Crippen LogP contribution in [-0.4, -0.2) is 32.1 Å².